The van der Waals surface area contributed by atoms with Crippen molar-refractivity contribution in [2.75, 3.05) is 0 Å². The van der Waals surface area contributed by atoms with E-state index in [1.165, 1.54) is 10.6 Å². The molecule has 0 amide bonds. The van der Waals surface area contributed by atoms with Gasteiger partial charge in [0.2, 0.25) is 0 Å². The summed E-state index contributed by atoms with van der Waals surface area (Å²) >= 11 is 1.75. The van der Waals surface area contributed by atoms with Crippen LogP contribution in [-0.4, -0.2) is 27.1 Å². The minimum absolute atomic E-state index is 0.0836. The fourth-order valence-corrected chi connectivity index (χ4v) is 4.65. The molecule has 23 heavy (non-hydrogen) atoms. The quantitative estimate of drug-likeness (QED) is 0.705. The van der Waals surface area contributed by atoms with Gasteiger partial charge >= 0.3 is 0 Å². The number of piperidine rings is 1. The van der Waals surface area contributed by atoms with Gasteiger partial charge in [-0.2, -0.15) is 16.4 Å². The van der Waals surface area contributed by atoms with Crippen LogP contribution in [0.3, 0.4) is 0 Å². The number of unbranched alkanes of at least 4 members (excludes halogenated alkanes) is 2. The minimum atomic E-state index is -0.332. The highest BCUT2D eigenvalue weighted by atomic mass is 32.1. The largest absolute Gasteiger partial charge is 0.313 e. The summed E-state index contributed by atoms with van der Waals surface area (Å²) in [5, 5.41) is 16.1. The fourth-order valence-electron chi connectivity index (χ4n) is 3.94. The van der Waals surface area contributed by atoms with Crippen LogP contribution in [0, 0.1) is 5.92 Å². The Labute approximate surface area is 144 Å². The Balaban J connectivity index is 1.75. The van der Waals surface area contributed by atoms with Crippen LogP contribution in [0.5, 0.6) is 0 Å². The maximum absolute atomic E-state index is 12.6. The Hall–Kier alpha value is -0.710. The second kappa shape index (κ2) is 7.45. The number of Topliss-reactive ketones (excluding diaryl/α,β-unsaturated/α-hetero) is 1. The van der Waals surface area contributed by atoms with Crippen LogP contribution in [0.15, 0.2) is 16.8 Å². The molecule has 0 spiro atoms. The number of hydrogen-bond donors (Lipinski definition) is 1. The maximum Gasteiger partial charge on any atom is 0.136 e. The number of ketones is 1. The fraction of sp³-hybridized carbons (Fsp3) is 0.737. The lowest BCUT2D eigenvalue weighted by molar-refractivity contribution is -0.249. The number of hydroxylamine groups is 2. The molecule has 0 unspecified atom stereocenters. The smallest absolute Gasteiger partial charge is 0.136 e. The van der Waals surface area contributed by atoms with E-state index in [4.69, 9.17) is 0 Å². The molecule has 0 radical (unpaired) electrons. The van der Waals surface area contributed by atoms with Crippen molar-refractivity contribution in [1.29, 1.82) is 0 Å². The first kappa shape index (κ1) is 18.6. The summed E-state index contributed by atoms with van der Waals surface area (Å²) in [6.07, 6.45) is 6.58. The van der Waals surface area contributed by atoms with Crippen LogP contribution in [0.25, 0.3) is 0 Å². The summed E-state index contributed by atoms with van der Waals surface area (Å²) in [6.45, 7) is 8.09. The van der Waals surface area contributed by atoms with Gasteiger partial charge in [-0.1, -0.05) is 6.42 Å². The van der Waals surface area contributed by atoms with Gasteiger partial charge in [0.25, 0.3) is 0 Å². The topological polar surface area (TPSA) is 40.5 Å². The van der Waals surface area contributed by atoms with E-state index in [2.05, 4.69) is 16.8 Å². The number of aryl methyl sites for hydroxylation is 1. The molecule has 0 bridgehead atoms. The zero-order chi connectivity index (χ0) is 17.1. The summed E-state index contributed by atoms with van der Waals surface area (Å²) in [5.74, 6) is 0.468. The molecule has 1 aliphatic rings. The van der Waals surface area contributed by atoms with E-state index in [0.29, 0.717) is 12.2 Å². The predicted molar refractivity (Wildman–Crippen MR) is 96.0 cm³/mol. The second-order valence-electron chi connectivity index (χ2n) is 8.20. The maximum atomic E-state index is 12.6. The van der Waals surface area contributed by atoms with E-state index in [0.717, 1.165) is 38.5 Å². The molecular formula is C19H31NO2S. The predicted octanol–water partition coefficient (Wildman–Crippen LogP) is 5.08. The lowest BCUT2D eigenvalue weighted by atomic mass is 9.73. The molecule has 1 aromatic heterocycles. The van der Waals surface area contributed by atoms with Crippen molar-refractivity contribution < 1.29 is 10.0 Å². The molecule has 0 saturated carbocycles. The van der Waals surface area contributed by atoms with E-state index in [1.54, 1.807) is 11.3 Å². The molecule has 1 fully saturated rings. The van der Waals surface area contributed by atoms with Crippen molar-refractivity contribution in [1.82, 2.24) is 5.06 Å². The highest BCUT2D eigenvalue weighted by Crippen LogP contribution is 2.40. The van der Waals surface area contributed by atoms with Crippen molar-refractivity contribution in [3.8, 4) is 0 Å². The van der Waals surface area contributed by atoms with Crippen molar-refractivity contribution in [3.05, 3.63) is 22.4 Å². The van der Waals surface area contributed by atoms with Crippen LogP contribution < -0.4 is 0 Å². The lowest BCUT2D eigenvalue weighted by Gasteiger charge is -2.51. The molecule has 4 heteroatoms. The number of hydrogen-bond acceptors (Lipinski definition) is 4. The number of rotatable bonds is 7. The number of carbonyl (C=O) groups excluding carboxylic acids is 1. The van der Waals surface area contributed by atoms with Crippen LogP contribution in [0.4, 0.5) is 0 Å². The molecular weight excluding hydrogens is 306 g/mol. The van der Waals surface area contributed by atoms with Gasteiger partial charge in [0.1, 0.15) is 5.78 Å². The molecule has 2 heterocycles. The van der Waals surface area contributed by atoms with E-state index in [1.807, 2.05) is 27.7 Å². The van der Waals surface area contributed by atoms with Gasteiger partial charge in [-0.3, -0.25) is 4.79 Å². The Morgan fingerprint density at radius 3 is 2.43 bits per heavy atom. The molecule has 1 saturated heterocycles. The minimum Gasteiger partial charge on any atom is -0.313 e. The van der Waals surface area contributed by atoms with Crippen molar-refractivity contribution >= 4 is 17.1 Å². The van der Waals surface area contributed by atoms with E-state index in [-0.39, 0.29) is 17.0 Å². The lowest BCUT2D eigenvalue weighted by Crippen LogP contribution is -2.59. The molecule has 0 aliphatic carbocycles. The zero-order valence-corrected chi connectivity index (χ0v) is 15.8. The molecule has 1 N–H and O–H groups in total. The third-order valence-corrected chi connectivity index (χ3v) is 5.79. The SMILES string of the molecule is CC1(C)CC(C(=O)CCCCCc2ccsc2)CC(C)(C)N1O. The highest BCUT2D eigenvalue weighted by molar-refractivity contribution is 7.07. The average molecular weight is 338 g/mol. The Kier molecular flexibility index (Phi) is 6.04. The van der Waals surface area contributed by atoms with Gasteiger partial charge in [-0.15, -0.1) is 0 Å². The van der Waals surface area contributed by atoms with Crippen LogP contribution >= 0.6 is 11.3 Å². The zero-order valence-electron chi connectivity index (χ0n) is 15.0. The van der Waals surface area contributed by atoms with Gasteiger partial charge in [0.05, 0.1) is 0 Å². The third kappa shape index (κ3) is 4.88. The Bertz CT molecular complexity index is 489. The van der Waals surface area contributed by atoms with Crippen molar-refractivity contribution in [2.45, 2.75) is 83.7 Å². The summed E-state index contributed by atoms with van der Waals surface area (Å²) in [5.41, 5.74) is 0.752. The Morgan fingerprint density at radius 2 is 1.87 bits per heavy atom. The first-order valence-corrected chi connectivity index (χ1v) is 9.70. The van der Waals surface area contributed by atoms with Gasteiger partial charge in [0, 0.05) is 23.4 Å². The molecule has 0 aromatic carbocycles. The normalized spacial score (nSPS) is 21.4. The summed E-state index contributed by atoms with van der Waals surface area (Å²) < 4.78 is 0. The molecule has 1 aromatic rings. The van der Waals surface area contributed by atoms with Crippen LogP contribution in [0.2, 0.25) is 0 Å². The number of carbonyl (C=O) groups is 1. The van der Waals surface area contributed by atoms with E-state index >= 15 is 0 Å². The first-order chi connectivity index (χ1) is 10.7. The van der Waals surface area contributed by atoms with Crippen molar-refractivity contribution in [3.63, 3.8) is 0 Å². The Morgan fingerprint density at radius 1 is 1.22 bits per heavy atom. The molecule has 0 atom stereocenters. The summed E-state index contributed by atoms with van der Waals surface area (Å²) in [6, 6.07) is 2.18. The third-order valence-electron chi connectivity index (χ3n) is 5.06. The van der Waals surface area contributed by atoms with Gasteiger partial charge in [0.15, 0.2) is 0 Å². The second-order valence-corrected chi connectivity index (χ2v) is 8.98. The van der Waals surface area contributed by atoms with E-state index in [9.17, 15) is 10.0 Å². The number of nitrogens with zero attached hydrogens (tertiary/aromatic N) is 1. The summed E-state index contributed by atoms with van der Waals surface area (Å²) in [7, 11) is 0. The highest BCUT2D eigenvalue weighted by Gasteiger charge is 2.46. The monoisotopic (exact) mass is 337 g/mol. The van der Waals surface area contributed by atoms with Crippen LogP contribution in [-0.2, 0) is 11.2 Å². The standard InChI is InChI=1S/C19H31NO2S/c1-18(2)12-16(13-19(3,4)20(18)22)17(21)9-7-5-6-8-15-10-11-23-14-15/h10-11,14,16,22H,5-9,12-13H2,1-4H3. The molecule has 3 nitrogen and oxygen atoms in total. The number of thiophene rings is 1. The molecule has 2 rings (SSSR count). The first-order valence-electron chi connectivity index (χ1n) is 8.75. The molecule has 130 valence electrons. The van der Waals surface area contributed by atoms with Gasteiger partial charge in [-0.05, 0) is 82.2 Å². The summed E-state index contributed by atoms with van der Waals surface area (Å²) in [4.78, 5) is 12.6. The van der Waals surface area contributed by atoms with Crippen LogP contribution in [0.1, 0.15) is 71.8 Å². The van der Waals surface area contributed by atoms with E-state index < -0.39 is 0 Å². The van der Waals surface area contributed by atoms with Gasteiger partial charge in [-0.25, -0.2) is 0 Å². The van der Waals surface area contributed by atoms with Gasteiger partial charge < -0.3 is 5.21 Å². The molecule has 1 aliphatic heterocycles. The van der Waals surface area contributed by atoms with Crippen molar-refractivity contribution in [2.24, 2.45) is 5.92 Å². The average Bonchev–Trinajstić information content (AvgIpc) is 2.96.